The van der Waals surface area contributed by atoms with Gasteiger partial charge >= 0.3 is 12.1 Å². The summed E-state index contributed by atoms with van der Waals surface area (Å²) in [6.45, 7) is 1.18. The first-order valence-electron chi connectivity index (χ1n) is 9.31. The SMILES string of the molecule is O=C(NCC1CCCC(CNC(=O)Nc2cnccn2)C1)Nc1cnccn1. The van der Waals surface area contributed by atoms with Gasteiger partial charge in [0.2, 0.25) is 0 Å². The summed E-state index contributed by atoms with van der Waals surface area (Å²) >= 11 is 0. The third kappa shape index (κ3) is 6.45. The number of nitrogens with zero attached hydrogens (tertiary/aromatic N) is 4. The third-order valence-corrected chi connectivity index (χ3v) is 4.60. The molecule has 3 rings (SSSR count). The van der Waals surface area contributed by atoms with E-state index in [9.17, 15) is 9.59 Å². The summed E-state index contributed by atoms with van der Waals surface area (Å²) in [4.78, 5) is 39.7. The van der Waals surface area contributed by atoms with Crippen molar-refractivity contribution in [3.05, 3.63) is 37.2 Å². The number of nitrogens with one attached hydrogen (secondary N) is 4. The molecule has 1 aliphatic rings. The Morgan fingerprint density at radius 2 is 1.32 bits per heavy atom. The maximum absolute atomic E-state index is 12.0. The monoisotopic (exact) mass is 384 g/mol. The lowest BCUT2D eigenvalue weighted by Gasteiger charge is -2.29. The minimum absolute atomic E-state index is 0.288. The van der Waals surface area contributed by atoms with Gasteiger partial charge in [-0.05, 0) is 31.1 Å². The van der Waals surface area contributed by atoms with Gasteiger partial charge in [0.15, 0.2) is 11.6 Å². The molecular weight excluding hydrogens is 360 g/mol. The quantitative estimate of drug-likeness (QED) is 0.602. The molecule has 1 saturated carbocycles. The van der Waals surface area contributed by atoms with Crippen molar-refractivity contribution in [2.24, 2.45) is 11.8 Å². The Hall–Kier alpha value is -3.30. The molecule has 4 N–H and O–H groups in total. The lowest BCUT2D eigenvalue weighted by Crippen LogP contribution is -2.38. The van der Waals surface area contributed by atoms with Crippen LogP contribution in [0.4, 0.5) is 21.2 Å². The Bertz CT molecular complexity index is 695. The van der Waals surface area contributed by atoms with E-state index in [2.05, 4.69) is 41.2 Å². The topological polar surface area (TPSA) is 134 Å². The molecule has 2 heterocycles. The van der Waals surface area contributed by atoms with E-state index in [1.54, 1.807) is 12.4 Å². The Labute approximate surface area is 163 Å². The van der Waals surface area contributed by atoms with Crippen molar-refractivity contribution in [3.63, 3.8) is 0 Å². The van der Waals surface area contributed by atoms with E-state index in [4.69, 9.17) is 0 Å². The summed E-state index contributed by atoms with van der Waals surface area (Å²) < 4.78 is 0. The number of carbonyl (C=O) groups is 2. The van der Waals surface area contributed by atoms with Crippen molar-refractivity contribution in [2.45, 2.75) is 25.7 Å². The molecule has 2 aromatic rings. The molecule has 0 saturated heterocycles. The number of carbonyl (C=O) groups excluding carboxylic acids is 2. The van der Waals surface area contributed by atoms with Gasteiger partial charge in [-0.25, -0.2) is 19.6 Å². The average molecular weight is 384 g/mol. The molecule has 0 spiro atoms. The van der Waals surface area contributed by atoms with Crippen molar-refractivity contribution in [2.75, 3.05) is 23.7 Å². The van der Waals surface area contributed by atoms with Gasteiger partial charge in [-0.2, -0.15) is 0 Å². The van der Waals surface area contributed by atoms with E-state index in [1.807, 2.05) is 0 Å². The molecule has 148 valence electrons. The van der Waals surface area contributed by atoms with Crippen molar-refractivity contribution in [1.82, 2.24) is 30.6 Å². The second-order valence-electron chi connectivity index (χ2n) is 6.75. The highest BCUT2D eigenvalue weighted by Crippen LogP contribution is 2.28. The Morgan fingerprint density at radius 3 is 1.75 bits per heavy atom. The lowest BCUT2D eigenvalue weighted by atomic mass is 9.81. The third-order valence-electron chi connectivity index (χ3n) is 4.60. The molecule has 0 radical (unpaired) electrons. The van der Waals surface area contributed by atoms with Crippen LogP contribution >= 0.6 is 0 Å². The Balaban J connectivity index is 1.35. The van der Waals surface area contributed by atoms with Crippen LogP contribution in [-0.4, -0.2) is 45.1 Å². The van der Waals surface area contributed by atoms with Crippen molar-refractivity contribution in [1.29, 1.82) is 0 Å². The zero-order valence-electron chi connectivity index (χ0n) is 15.5. The highest BCUT2D eigenvalue weighted by molar-refractivity contribution is 5.88. The van der Waals surface area contributed by atoms with Crippen LogP contribution in [0.15, 0.2) is 37.2 Å². The van der Waals surface area contributed by atoms with Crippen molar-refractivity contribution < 1.29 is 9.59 Å². The van der Waals surface area contributed by atoms with Crippen LogP contribution in [0.25, 0.3) is 0 Å². The average Bonchev–Trinajstić information content (AvgIpc) is 2.73. The lowest BCUT2D eigenvalue weighted by molar-refractivity contribution is 0.230. The predicted molar refractivity (Wildman–Crippen MR) is 104 cm³/mol. The number of hydrogen-bond acceptors (Lipinski definition) is 6. The Kier molecular flexibility index (Phi) is 7.05. The number of aromatic nitrogens is 4. The van der Waals surface area contributed by atoms with Crippen molar-refractivity contribution >= 4 is 23.7 Å². The van der Waals surface area contributed by atoms with E-state index in [-0.39, 0.29) is 12.1 Å². The first kappa shape index (κ1) is 19.5. The maximum Gasteiger partial charge on any atom is 0.320 e. The minimum Gasteiger partial charge on any atom is -0.338 e. The molecule has 10 heteroatoms. The van der Waals surface area contributed by atoms with Crippen LogP contribution in [0.3, 0.4) is 0 Å². The maximum atomic E-state index is 12.0. The van der Waals surface area contributed by atoms with Crippen LogP contribution in [0.5, 0.6) is 0 Å². The molecule has 2 unspecified atom stereocenters. The fourth-order valence-corrected chi connectivity index (χ4v) is 3.30. The number of rotatable bonds is 6. The van der Waals surface area contributed by atoms with Gasteiger partial charge in [0, 0.05) is 37.9 Å². The second kappa shape index (κ2) is 10.1. The largest absolute Gasteiger partial charge is 0.338 e. The smallest absolute Gasteiger partial charge is 0.320 e. The predicted octanol–water partition coefficient (Wildman–Crippen LogP) is 2.02. The van der Waals surface area contributed by atoms with Gasteiger partial charge in [0.25, 0.3) is 0 Å². The molecular formula is C18H24N8O2. The number of anilines is 2. The molecule has 4 amide bonds. The molecule has 28 heavy (non-hydrogen) atoms. The van der Waals surface area contributed by atoms with Crippen LogP contribution in [0, 0.1) is 11.8 Å². The standard InChI is InChI=1S/C18H24N8O2/c27-17(25-15-11-19-4-6-21-15)23-9-13-2-1-3-14(8-13)10-24-18(28)26-16-12-20-5-7-22-16/h4-7,11-14H,1-3,8-10H2,(H2,21,23,25,27)(H2,22,24,26,28). The fourth-order valence-electron chi connectivity index (χ4n) is 3.30. The van der Waals surface area contributed by atoms with Gasteiger partial charge in [0.05, 0.1) is 12.4 Å². The summed E-state index contributed by atoms with van der Waals surface area (Å²) in [5, 5.41) is 11.1. The van der Waals surface area contributed by atoms with Gasteiger partial charge in [-0.15, -0.1) is 0 Å². The zero-order chi connectivity index (χ0) is 19.6. The molecule has 0 aromatic carbocycles. The highest BCUT2D eigenvalue weighted by atomic mass is 16.2. The number of hydrogen-bond donors (Lipinski definition) is 4. The van der Waals surface area contributed by atoms with E-state index in [0.717, 1.165) is 25.7 Å². The number of urea groups is 2. The first-order valence-corrected chi connectivity index (χ1v) is 9.31. The first-order chi connectivity index (χ1) is 13.7. The second-order valence-corrected chi connectivity index (χ2v) is 6.75. The molecule has 0 aliphatic heterocycles. The molecule has 0 bridgehead atoms. The van der Waals surface area contributed by atoms with Crippen LogP contribution in [0.1, 0.15) is 25.7 Å². The van der Waals surface area contributed by atoms with Crippen LogP contribution in [0.2, 0.25) is 0 Å². The van der Waals surface area contributed by atoms with Gasteiger partial charge in [-0.1, -0.05) is 6.42 Å². The minimum atomic E-state index is -0.288. The molecule has 10 nitrogen and oxygen atoms in total. The van der Waals surface area contributed by atoms with E-state index >= 15 is 0 Å². The van der Waals surface area contributed by atoms with E-state index in [1.165, 1.54) is 24.8 Å². The molecule has 2 aromatic heterocycles. The fraction of sp³-hybridized carbons (Fsp3) is 0.444. The number of amides is 4. The van der Waals surface area contributed by atoms with Gasteiger partial charge in [-0.3, -0.25) is 20.6 Å². The zero-order valence-corrected chi connectivity index (χ0v) is 15.5. The van der Waals surface area contributed by atoms with E-state index in [0.29, 0.717) is 36.6 Å². The highest BCUT2D eigenvalue weighted by Gasteiger charge is 2.23. The summed E-state index contributed by atoms with van der Waals surface area (Å²) in [7, 11) is 0. The van der Waals surface area contributed by atoms with Crippen LogP contribution in [-0.2, 0) is 0 Å². The summed E-state index contributed by atoms with van der Waals surface area (Å²) in [5.74, 6) is 1.60. The summed E-state index contributed by atoms with van der Waals surface area (Å²) in [6, 6.07) is -0.576. The summed E-state index contributed by atoms with van der Waals surface area (Å²) in [6.07, 6.45) is 13.3. The van der Waals surface area contributed by atoms with Gasteiger partial charge < -0.3 is 10.6 Å². The normalized spacial score (nSPS) is 18.7. The van der Waals surface area contributed by atoms with Crippen molar-refractivity contribution in [3.8, 4) is 0 Å². The molecule has 2 atom stereocenters. The van der Waals surface area contributed by atoms with E-state index < -0.39 is 0 Å². The Morgan fingerprint density at radius 1 is 0.821 bits per heavy atom. The molecule has 1 aliphatic carbocycles. The van der Waals surface area contributed by atoms with Gasteiger partial charge in [0.1, 0.15) is 0 Å². The summed E-state index contributed by atoms with van der Waals surface area (Å²) in [5.41, 5.74) is 0. The molecule has 1 fully saturated rings. The van der Waals surface area contributed by atoms with Crippen LogP contribution < -0.4 is 21.3 Å².